The first-order valence-corrected chi connectivity index (χ1v) is 8.81. The zero-order valence-electron chi connectivity index (χ0n) is 15.0. The number of anilines is 1. The van der Waals surface area contributed by atoms with Crippen molar-refractivity contribution < 1.29 is 14.3 Å². The third kappa shape index (κ3) is 2.83. The zero-order chi connectivity index (χ0) is 19.1. The number of ether oxygens (including phenoxy) is 2. The maximum atomic E-state index is 12.7. The highest BCUT2D eigenvalue weighted by Gasteiger charge is 2.17. The lowest BCUT2D eigenvalue weighted by Crippen LogP contribution is -2.12. The molecule has 7 heteroatoms. The number of aromatic nitrogens is 3. The molecule has 0 spiro atoms. The third-order valence-corrected chi connectivity index (χ3v) is 4.60. The second kappa shape index (κ2) is 6.38. The van der Waals surface area contributed by atoms with Gasteiger partial charge in [0.25, 0.3) is 5.91 Å². The molecule has 0 bridgehead atoms. The number of hydrogen-bond acceptors (Lipinski definition) is 5. The van der Waals surface area contributed by atoms with Gasteiger partial charge in [-0.05, 0) is 55.0 Å². The van der Waals surface area contributed by atoms with Gasteiger partial charge < -0.3 is 14.8 Å². The highest BCUT2D eigenvalue weighted by molar-refractivity contribution is 6.05. The summed E-state index contributed by atoms with van der Waals surface area (Å²) in [5, 5.41) is 12.0. The van der Waals surface area contributed by atoms with E-state index in [1.807, 2.05) is 49.4 Å². The van der Waals surface area contributed by atoms with Crippen molar-refractivity contribution in [3.63, 3.8) is 0 Å². The third-order valence-electron chi connectivity index (χ3n) is 4.60. The van der Waals surface area contributed by atoms with Crippen LogP contribution in [-0.2, 0) is 0 Å². The molecular weight excluding hydrogens is 356 g/mol. The van der Waals surface area contributed by atoms with Gasteiger partial charge in [0, 0.05) is 11.3 Å². The Kier molecular flexibility index (Phi) is 3.72. The highest BCUT2D eigenvalue weighted by Crippen LogP contribution is 2.33. The second-order valence-corrected chi connectivity index (χ2v) is 6.50. The van der Waals surface area contributed by atoms with Crippen LogP contribution in [0.25, 0.3) is 16.7 Å². The summed E-state index contributed by atoms with van der Waals surface area (Å²) in [6.45, 7) is 2.10. The number of rotatable bonds is 3. The Morgan fingerprint density at radius 2 is 1.71 bits per heavy atom. The van der Waals surface area contributed by atoms with E-state index in [1.165, 1.54) is 0 Å². The number of carbonyl (C=O) groups excluding carboxylic acids is 1. The minimum atomic E-state index is -0.226. The topological polar surface area (TPSA) is 78.3 Å². The summed E-state index contributed by atoms with van der Waals surface area (Å²) < 4.78 is 10.6. The number of amides is 1. The molecule has 0 aliphatic carbocycles. The molecule has 0 fully saturated rings. The van der Waals surface area contributed by atoms with Gasteiger partial charge in [-0.3, -0.25) is 4.79 Å². The van der Waals surface area contributed by atoms with E-state index in [4.69, 9.17) is 9.47 Å². The van der Waals surface area contributed by atoms with Gasteiger partial charge in [0.1, 0.15) is 11.0 Å². The standard InChI is InChI=1S/C21H16N4O3/c1-13-9-17-18(24-25(23-17)15-5-3-2-4-6-15)11-16(13)22-21(26)14-7-8-19-20(10-14)28-12-27-19/h2-11H,12H2,1H3,(H,22,26). The molecule has 0 unspecified atom stereocenters. The summed E-state index contributed by atoms with van der Waals surface area (Å²) in [6, 6.07) is 18.6. The van der Waals surface area contributed by atoms with Crippen LogP contribution < -0.4 is 14.8 Å². The van der Waals surface area contributed by atoms with E-state index in [9.17, 15) is 4.79 Å². The lowest BCUT2D eigenvalue weighted by molar-refractivity contribution is 0.102. The molecule has 28 heavy (non-hydrogen) atoms. The Labute approximate surface area is 160 Å². The largest absolute Gasteiger partial charge is 0.454 e. The van der Waals surface area contributed by atoms with Gasteiger partial charge in [-0.15, -0.1) is 10.2 Å². The fourth-order valence-electron chi connectivity index (χ4n) is 3.11. The van der Waals surface area contributed by atoms with E-state index >= 15 is 0 Å². The van der Waals surface area contributed by atoms with Crippen molar-refractivity contribution in [3.8, 4) is 17.2 Å². The number of nitrogens with zero attached hydrogens (tertiary/aromatic N) is 3. The van der Waals surface area contributed by atoms with Crippen LogP contribution in [0, 0.1) is 6.92 Å². The van der Waals surface area contributed by atoms with Gasteiger partial charge >= 0.3 is 0 Å². The Morgan fingerprint density at radius 1 is 0.964 bits per heavy atom. The number of fused-ring (bicyclic) bond motifs is 2. The molecule has 1 aromatic heterocycles. The van der Waals surface area contributed by atoms with Crippen molar-refractivity contribution in [2.24, 2.45) is 0 Å². The van der Waals surface area contributed by atoms with E-state index in [0.29, 0.717) is 28.3 Å². The molecular formula is C21H16N4O3. The predicted molar refractivity (Wildman–Crippen MR) is 104 cm³/mol. The summed E-state index contributed by atoms with van der Waals surface area (Å²) in [6.07, 6.45) is 0. The van der Waals surface area contributed by atoms with Crippen LogP contribution in [0.1, 0.15) is 15.9 Å². The van der Waals surface area contributed by atoms with Crippen molar-refractivity contribution in [2.45, 2.75) is 6.92 Å². The molecule has 7 nitrogen and oxygen atoms in total. The maximum Gasteiger partial charge on any atom is 0.255 e. The number of hydrogen-bond donors (Lipinski definition) is 1. The molecule has 0 atom stereocenters. The van der Waals surface area contributed by atoms with Crippen LogP contribution in [-0.4, -0.2) is 27.7 Å². The van der Waals surface area contributed by atoms with Crippen molar-refractivity contribution in [1.82, 2.24) is 15.0 Å². The lowest BCUT2D eigenvalue weighted by Gasteiger charge is -2.08. The number of nitrogens with one attached hydrogen (secondary N) is 1. The minimum absolute atomic E-state index is 0.174. The second-order valence-electron chi connectivity index (χ2n) is 6.50. The quantitative estimate of drug-likeness (QED) is 0.593. The number of carbonyl (C=O) groups is 1. The molecule has 0 radical (unpaired) electrons. The van der Waals surface area contributed by atoms with Crippen LogP contribution in [0.3, 0.4) is 0 Å². The van der Waals surface area contributed by atoms with Crippen LogP contribution in [0.5, 0.6) is 11.5 Å². The van der Waals surface area contributed by atoms with Crippen molar-refractivity contribution in [1.29, 1.82) is 0 Å². The normalized spacial score (nSPS) is 12.3. The first-order valence-electron chi connectivity index (χ1n) is 8.81. The molecule has 1 aliphatic heterocycles. The van der Waals surface area contributed by atoms with E-state index in [1.54, 1.807) is 23.0 Å². The Bertz CT molecular complexity index is 1200. The first-order chi connectivity index (χ1) is 13.7. The van der Waals surface area contributed by atoms with Gasteiger partial charge in [-0.25, -0.2) is 0 Å². The SMILES string of the molecule is Cc1cc2nn(-c3ccccc3)nc2cc1NC(=O)c1ccc2c(c1)OCO2. The fraction of sp³-hybridized carbons (Fsp3) is 0.0952. The van der Waals surface area contributed by atoms with Crippen molar-refractivity contribution in [2.75, 3.05) is 12.1 Å². The van der Waals surface area contributed by atoms with E-state index in [2.05, 4.69) is 15.5 Å². The summed E-state index contributed by atoms with van der Waals surface area (Å²) in [5.41, 5.74) is 4.44. The molecule has 1 amide bonds. The Morgan fingerprint density at radius 3 is 2.54 bits per heavy atom. The molecule has 3 aromatic carbocycles. The first kappa shape index (κ1) is 16.3. The molecule has 0 saturated carbocycles. The maximum absolute atomic E-state index is 12.7. The number of aryl methyl sites for hydroxylation is 1. The molecule has 1 N–H and O–H groups in total. The summed E-state index contributed by atoms with van der Waals surface area (Å²) in [5.74, 6) is 0.994. The Balaban J connectivity index is 1.45. The molecule has 1 aliphatic rings. The summed E-state index contributed by atoms with van der Waals surface area (Å²) >= 11 is 0. The molecule has 4 aromatic rings. The van der Waals surface area contributed by atoms with Gasteiger partial charge in [-0.1, -0.05) is 18.2 Å². The van der Waals surface area contributed by atoms with E-state index < -0.39 is 0 Å². The predicted octanol–water partition coefficient (Wildman–Crippen LogP) is 3.71. The molecule has 2 heterocycles. The zero-order valence-corrected chi connectivity index (χ0v) is 15.0. The molecule has 0 saturated heterocycles. The lowest BCUT2D eigenvalue weighted by atomic mass is 10.1. The van der Waals surface area contributed by atoms with Crippen LogP contribution in [0.4, 0.5) is 5.69 Å². The van der Waals surface area contributed by atoms with Crippen molar-refractivity contribution in [3.05, 3.63) is 71.8 Å². The molecule has 138 valence electrons. The Hall–Kier alpha value is -3.87. The number of para-hydroxylation sites is 1. The average Bonchev–Trinajstić information content (AvgIpc) is 3.34. The van der Waals surface area contributed by atoms with Crippen LogP contribution in [0.2, 0.25) is 0 Å². The number of benzene rings is 3. The van der Waals surface area contributed by atoms with Crippen LogP contribution in [0.15, 0.2) is 60.7 Å². The van der Waals surface area contributed by atoms with Gasteiger partial charge in [0.15, 0.2) is 11.5 Å². The summed E-state index contributed by atoms with van der Waals surface area (Å²) in [4.78, 5) is 14.3. The van der Waals surface area contributed by atoms with Crippen molar-refractivity contribution >= 4 is 22.6 Å². The summed E-state index contributed by atoms with van der Waals surface area (Å²) in [7, 11) is 0. The average molecular weight is 372 g/mol. The smallest absolute Gasteiger partial charge is 0.255 e. The minimum Gasteiger partial charge on any atom is -0.454 e. The van der Waals surface area contributed by atoms with Crippen LogP contribution >= 0.6 is 0 Å². The fourth-order valence-corrected chi connectivity index (χ4v) is 3.11. The van der Waals surface area contributed by atoms with Gasteiger partial charge in [0.2, 0.25) is 6.79 Å². The molecule has 5 rings (SSSR count). The highest BCUT2D eigenvalue weighted by atomic mass is 16.7. The monoisotopic (exact) mass is 372 g/mol. The van der Waals surface area contributed by atoms with Gasteiger partial charge in [-0.2, -0.15) is 4.80 Å². The van der Waals surface area contributed by atoms with E-state index in [-0.39, 0.29) is 12.7 Å². The van der Waals surface area contributed by atoms with Gasteiger partial charge in [0.05, 0.1) is 5.69 Å². The van der Waals surface area contributed by atoms with E-state index in [0.717, 1.165) is 16.8 Å².